The minimum Gasteiger partial charge on any atom is -0.300 e. The molecule has 1 atom stereocenters. The molecule has 1 aromatic carbocycles. The van der Waals surface area contributed by atoms with Gasteiger partial charge in [-0.25, -0.2) is 4.89 Å². The van der Waals surface area contributed by atoms with Crippen molar-refractivity contribution in [1.82, 2.24) is 0 Å². The molecule has 1 rings (SSSR count). The van der Waals surface area contributed by atoms with Crippen molar-refractivity contribution in [3.63, 3.8) is 0 Å². The van der Waals surface area contributed by atoms with E-state index < -0.39 is 8.32 Å². The standard InChI is InChI=1S/C16H26O3Si/c1-13(17)12-15(14-10-8-7-9-11-14)18-19-20(5,6)16(2,3)4/h7-11,15H,12H2,1-6H3. The number of rotatable bonds is 6. The van der Waals surface area contributed by atoms with Gasteiger partial charge in [0.05, 0.1) is 0 Å². The number of benzene rings is 1. The Morgan fingerprint density at radius 3 is 2.20 bits per heavy atom. The molecule has 0 amide bonds. The summed E-state index contributed by atoms with van der Waals surface area (Å²) < 4.78 is 5.80. The van der Waals surface area contributed by atoms with Crippen LogP contribution in [0.1, 0.15) is 45.8 Å². The van der Waals surface area contributed by atoms with Crippen molar-refractivity contribution < 1.29 is 14.3 Å². The van der Waals surface area contributed by atoms with Crippen molar-refractivity contribution in [3.05, 3.63) is 35.9 Å². The predicted molar refractivity (Wildman–Crippen MR) is 83.8 cm³/mol. The first-order chi connectivity index (χ1) is 9.13. The van der Waals surface area contributed by atoms with Gasteiger partial charge in [0.15, 0.2) is 0 Å². The second kappa shape index (κ2) is 6.65. The minimum atomic E-state index is -1.99. The van der Waals surface area contributed by atoms with E-state index in [-0.39, 0.29) is 16.9 Å². The molecule has 0 radical (unpaired) electrons. The van der Waals surface area contributed by atoms with Crippen molar-refractivity contribution >= 4 is 14.1 Å². The number of hydrogen-bond acceptors (Lipinski definition) is 3. The van der Waals surface area contributed by atoms with Crippen LogP contribution >= 0.6 is 0 Å². The molecule has 0 saturated heterocycles. The molecule has 0 N–H and O–H groups in total. The van der Waals surface area contributed by atoms with E-state index in [0.717, 1.165) is 5.56 Å². The molecule has 1 aromatic rings. The Kier molecular flexibility index (Phi) is 5.68. The fourth-order valence-electron chi connectivity index (χ4n) is 1.44. The predicted octanol–water partition coefficient (Wildman–Crippen LogP) is 4.66. The van der Waals surface area contributed by atoms with Gasteiger partial charge in [-0.3, -0.25) is 9.37 Å². The lowest BCUT2D eigenvalue weighted by molar-refractivity contribution is -0.261. The van der Waals surface area contributed by atoms with Gasteiger partial charge in [0.2, 0.25) is 8.32 Å². The Morgan fingerprint density at radius 2 is 1.75 bits per heavy atom. The van der Waals surface area contributed by atoms with Gasteiger partial charge in [0, 0.05) is 6.42 Å². The maximum atomic E-state index is 11.4. The largest absolute Gasteiger partial charge is 0.300 e. The normalized spacial score (nSPS) is 14.1. The third-order valence-corrected chi connectivity index (χ3v) is 7.95. The molecule has 20 heavy (non-hydrogen) atoms. The first-order valence-electron chi connectivity index (χ1n) is 7.02. The van der Waals surface area contributed by atoms with E-state index in [4.69, 9.17) is 9.46 Å². The highest BCUT2D eigenvalue weighted by molar-refractivity contribution is 6.73. The first kappa shape index (κ1) is 17.1. The van der Waals surface area contributed by atoms with E-state index >= 15 is 0 Å². The lowest BCUT2D eigenvalue weighted by atomic mass is 10.1. The summed E-state index contributed by atoms with van der Waals surface area (Å²) in [6, 6.07) is 9.75. The fourth-order valence-corrected chi connectivity index (χ4v) is 2.05. The molecular formula is C16H26O3Si. The zero-order chi connectivity index (χ0) is 15.4. The van der Waals surface area contributed by atoms with Gasteiger partial charge in [-0.15, -0.1) is 0 Å². The van der Waals surface area contributed by atoms with Crippen LogP contribution in [0, 0.1) is 0 Å². The van der Waals surface area contributed by atoms with Crippen LogP contribution in [0.3, 0.4) is 0 Å². The SMILES string of the molecule is CC(=O)CC(OO[Si](C)(C)C(C)(C)C)c1ccccc1. The summed E-state index contributed by atoms with van der Waals surface area (Å²) in [5.74, 6) is 0.0951. The quantitative estimate of drug-likeness (QED) is 0.435. The van der Waals surface area contributed by atoms with Gasteiger partial charge in [0.25, 0.3) is 0 Å². The summed E-state index contributed by atoms with van der Waals surface area (Å²) in [6.07, 6.45) is 0.00126. The van der Waals surface area contributed by atoms with Crippen molar-refractivity contribution in [2.24, 2.45) is 0 Å². The molecule has 0 fully saturated rings. The summed E-state index contributed by atoms with van der Waals surface area (Å²) >= 11 is 0. The van der Waals surface area contributed by atoms with E-state index in [2.05, 4.69) is 33.9 Å². The van der Waals surface area contributed by atoms with Gasteiger partial charge in [0.1, 0.15) is 11.9 Å². The third-order valence-electron chi connectivity index (χ3n) is 3.82. The molecule has 0 aliphatic rings. The van der Waals surface area contributed by atoms with Crippen LogP contribution in [0.4, 0.5) is 0 Å². The van der Waals surface area contributed by atoms with Gasteiger partial charge in [-0.05, 0) is 30.6 Å². The van der Waals surface area contributed by atoms with Gasteiger partial charge in [-0.2, -0.15) is 0 Å². The molecule has 112 valence electrons. The van der Waals surface area contributed by atoms with Crippen LogP contribution in [0.15, 0.2) is 30.3 Å². The third kappa shape index (κ3) is 4.85. The summed E-state index contributed by atoms with van der Waals surface area (Å²) in [5, 5.41) is 0.0739. The van der Waals surface area contributed by atoms with E-state index in [1.165, 1.54) is 0 Å². The zero-order valence-electron chi connectivity index (χ0n) is 13.4. The maximum absolute atomic E-state index is 11.4. The van der Waals surface area contributed by atoms with E-state index in [1.807, 2.05) is 30.3 Å². The summed E-state index contributed by atoms with van der Waals surface area (Å²) in [7, 11) is -1.99. The smallest absolute Gasteiger partial charge is 0.238 e. The van der Waals surface area contributed by atoms with Crippen LogP contribution in [-0.2, 0) is 14.3 Å². The second-order valence-corrected chi connectivity index (χ2v) is 11.4. The summed E-state index contributed by atoms with van der Waals surface area (Å²) in [4.78, 5) is 17.1. The first-order valence-corrected chi connectivity index (χ1v) is 9.93. The van der Waals surface area contributed by atoms with E-state index in [9.17, 15) is 4.79 Å². The van der Waals surface area contributed by atoms with E-state index in [0.29, 0.717) is 6.42 Å². The number of Topliss-reactive ketones (excluding diaryl/α,β-unsaturated/α-hetero) is 1. The van der Waals surface area contributed by atoms with Crippen LogP contribution in [-0.4, -0.2) is 14.1 Å². The van der Waals surface area contributed by atoms with Crippen LogP contribution in [0.2, 0.25) is 18.1 Å². The topological polar surface area (TPSA) is 35.5 Å². The van der Waals surface area contributed by atoms with Crippen molar-refractivity contribution in [3.8, 4) is 0 Å². The van der Waals surface area contributed by atoms with Gasteiger partial charge in [-0.1, -0.05) is 51.1 Å². The Bertz CT molecular complexity index is 435. The summed E-state index contributed by atoms with van der Waals surface area (Å²) in [6.45, 7) is 12.3. The minimum absolute atomic E-state index is 0.0739. The number of hydrogen-bond donors (Lipinski definition) is 0. The molecule has 0 spiro atoms. The molecule has 4 heteroatoms. The average molecular weight is 294 g/mol. The van der Waals surface area contributed by atoms with Crippen LogP contribution < -0.4 is 0 Å². The Labute approximate surface area is 123 Å². The molecule has 0 heterocycles. The van der Waals surface area contributed by atoms with Crippen molar-refractivity contribution in [2.75, 3.05) is 0 Å². The van der Waals surface area contributed by atoms with Gasteiger partial charge < -0.3 is 0 Å². The van der Waals surface area contributed by atoms with Crippen molar-refractivity contribution in [1.29, 1.82) is 0 Å². The van der Waals surface area contributed by atoms with Crippen LogP contribution in [0.5, 0.6) is 0 Å². The molecule has 0 aromatic heterocycles. The molecule has 0 aliphatic heterocycles. The molecular weight excluding hydrogens is 268 g/mol. The monoisotopic (exact) mass is 294 g/mol. The highest BCUT2D eigenvalue weighted by atomic mass is 28.4. The van der Waals surface area contributed by atoms with Gasteiger partial charge >= 0.3 is 0 Å². The fraction of sp³-hybridized carbons (Fsp3) is 0.562. The number of carbonyl (C=O) groups excluding carboxylic acids is 1. The molecule has 1 unspecified atom stereocenters. The molecule has 0 saturated carbocycles. The van der Waals surface area contributed by atoms with Crippen molar-refractivity contribution in [2.45, 2.75) is 58.4 Å². The molecule has 0 bridgehead atoms. The number of carbonyl (C=O) groups is 1. The highest BCUT2D eigenvalue weighted by Crippen LogP contribution is 2.38. The highest BCUT2D eigenvalue weighted by Gasteiger charge is 2.39. The molecule has 3 nitrogen and oxygen atoms in total. The molecule has 0 aliphatic carbocycles. The number of ketones is 1. The summed E-state index contributed by atoms with van der Waals surface area (Å²) in [5.41, 5.74) is 0.974. The van der Waals surface area contributed by atoms with Crippen LogP contribution in [0.25, 0.3) is 0 Å². The van der Waals surface area contributed by atoms with E-state index in [1.54, 1.807) is 6.92 Å². The maximum Gasteiger partial charge on any atom is 0.238 e. The Balaban J connectivity index is 2.80. The Morgan fingerprint density at radius 1 is 1.20 bits per heavy atom. The zero-order valence-corrected chi connectivity index (χ0v) is 14.4. The Hall–Kier alpha value is -0.973. The lowest BCUT2D eigenvalue weighted by Crippen LogP contribution is -2.41. The average Bonchev–Trinajstić information content (AvgIpc) is 2.33. The lowest BCUT2D eigenvalue weighted by Gasteiger charge is -2.35. The second-order valence-electron chi connectivity index (χ2n) is 6.75.